The van der Waals surface area contributed by atoms with Crippen LogP contribution in [0.25, 0.3) is 0 Å². The maximum absolute atomic E-state index is 13.1. The molecule has 3 rings (SSSR count). The van der Waals surface area contributed by atoms with Crippen LogP contribution in [0.2, 0.25) is 0 Å². The summed E-state index contributed by atoms with van der Waals surface area (Å²) in [4.78, 5) is 40.5. The first kappa shape index (κ1) is 16.6. The van der Waals surface area contributed by atoms with E-state index in [0.717, 1.165) is 17.7 Å². The highest BCUT2D eigenvalue weighted by Crippen LogP contribution is 2.37. The molecule has 6 heteroatoms. The van der Waals surface area contributed by atoms with Crippen LogP contribution in [-0.4, -0.2) is 34.2 Å². The third-order valence-electron chi connectivity index (χ3n) is 4.41. The summed E-state index contributed by atoms with van der Waals surface area (Å²) >= 11 is 0. The fourth-order valence-electron chi connectivity index (χ4n) is 3.16. The highest BCUT2D eigenvalue weighted by molar-refractivity contribution is 6.23. The molecule has 1 aromatic rings. The van der Waals surface area contributed by atoms with Gasteiger partial charge in [0.25, 0.3) is 5.91 Å². The Morgan fingerprint density at radius 3 is 2.25 bits per heavy atom. The summed E-state index contributed by atoms with van der Waals surface area (Å²) in [7, 11) is 0. The average Bonchev–Trinajstić information content (AvgIpc) is 3.28. The Kier molecular flexibility index (Phi) is 3.94. The lowest BCUT2D eigenvalue weighted by Crippen LogP contribution is -2.55. The molecule has 1 saturated carbocycles. The van der Waals surface area contributed by atoms with Crippen molar-refractivity contribution in [2.45, 2.75) is 51.6 Å². The molecule has 128 valence electrons. The van der Waals surface area contributed by atoms with E-state index in [1.165, 1.54) is 24.3 Å². The van der Waals surface area contributed by atoms with Crippen molar-refractivity contribution in [3.63, 3.8) is 0 Å². The molecule has 0 N–H and O–H groups in total. The number of hydrogen-bond donors (Lipinski definition) is 0. The minimum absolute atomic E-state index is 0.0352. The molecule has 2 fully saturated rings. The Bertz CT molecular complexity index is 689. The van der Waals surface area contributed by atoms with Crippen LogP contribution in [0.5, 0.6) is 0 Å². The third kappa shape index (κ3) is 2.92. The Morgan fingerprint density at radius 1 is 1.17 bits per heavy atom. The number of carbonyl (C=O) groups excluding carboxylic acids is 3. The summed E-state index contributed by atoms with van der Waals surface area (Å²) in [6, 6.07) is 4.42. The van der Waals surface area contributed by atoms with Crippen molar-refractivity contribution in [3.05, 3.63) is 30.1 Å². The van der Waals surface area contributed by atoms with Gasteiger partial charge in [-0.2, -0.15) is 0 Å². The van der Waals surface area contributed by atoms with Gasteiger partial charge >= 0.3 is 0 Å². The Balaban J connectivity index is 1.91. The van der Waals surface area contributed by atoms with Crippen LogP contribution in [0.4, 0.5) is 10.1 Å². The van der Waals surface area contributed by atoms with Crippen LogP contribution in [-0.2, 0) is 14.4 Å². The van der Waals surface area contributed by atoms with Crippen LogP contribution in [0.15, 0.2) is 24.3 Å². The third-order valence-corrected chi connectivity index (χ3v) is 4.41. The molecular formula is C18H21FN2O3. The molecular weight excluding hydrogens is 311 g/mol. The number of nitrogens with zero attached hydrogens (tertiary/aromatic N) is 2. The van der Waals surface area contributed by atoms with E-state index in [2.05, 4.69) is 0 Å². The molecule has 5 nitrogen and oxygen atoms in total. The van der Waals surface area contributed by atoms with E-state index in [1.54, 1.807) is 4.90 Å². The van der Waals surface area contributed by atoms with Crippen molar-refractivity contribution >= 4 is 23.4 Å². The largest absolute Gasteiger partial charge is 0.325 e. The monoisotopic (exact) mass is 332 g/mol. The number of anilines is 1. The maximum atomic E-state index is 13.1. The lowest BCUT2D eigenvalue weighted by atomic mass is 10.0. The van der Waals surface area contributed by atoms with E-state index in [-0.39, 0.29) is 24.2 Å². The molecule has 0 aromatic heterocycles. The Labute approximate surface area is 140 Å². The summed E-state index contributed by atoms with van der Waals surface area (Å²) in [6.07, 6.45) is 1.63. The highest BCUT2D eigenvalue weighted by atomic mass is 19.1. The first-order chi connectivity index (χ1) is 11.2. The fourth-order valence-corrected chi connectivity index (χ4v) is 3.16. The van der Waals surface area contributed by atoms with E-state index >= 15 is 0 Å². The standard InChI is InChI=1S/C18H21FN2O3/c1-18(2,3)21(16(23)11-4-5-11)14-10-15(22)20(17(14)24)13-8-6-12(19)7-9-13/h6-9,11,14H,4-5,10H2,1-3H3. The second kappa shape index (κ2) is 5.69. The molecule has 1 aromatic carbocycles. The van der Waals surface area contributed by atoms with Crippen LogP contribution < -0.4 is 4.90 Å². The van der Waals surface area contributed by atoms with Gasteiger partial charge in [-0.05, 0) is 57.9 Å². The van der Waals surface area contributed by atoms with Crippen molar-refractivity contribution in [1.82, 2.24) is 4.90 Å². The first-order valence-electron chi connectivity index (χ1n) is 8.15. The second-order valence-electron chi connectivity index (χ2n) is 7.42. The predicted octanol–water partition coefficient (Wildman–Crippen LogP) is 2.49. The van der Waals surface area contributed by atoms with Crippen molar-refractivity contribution in [2.75, 3.05) is 4.90 Å². The van der Waals surface area contributed by atoms with Crippen LogP contribution >= 0.6 is 0 Å². The molecule has 1 unspecified atom stereocenters. The molecule has 1 aliphatic heterocycles. The molecule has 2 aliphatic rings. The zero-order valence-corrected chi connectivity index (χ0v) is 14.1. The number of benzene rings is 1. The van der Waals surface area contributed by atoms with Gasteiger partial charge in [0.1, 0.15) is 11.9 Å². The second-order valence-corrected chi connectivity index (χ2v) is 7.42. The number of amides is 3. The quantitative estimate of drug-likeness (QED) is 0.799. The summed E-state index contributed by atoms with van der Waals surface area (Å²) in [5.74, 6) is -1.32. The van der Waals surface area contributed by atoms with Crippen LogP contribution in [0.3, 0.4) is 0 Å². The van der Waals surface area contributed by atoms with E-state index in [9.17, 15) is 18.8 Å². The van der Waals surface area contributed by atoms with Gasteiger partial charge in [0.2, 0.25) is 11.8 Å². The predicted molar refractivity (Wildman–Crippen MR) is 86.6 cm³/mol. The van der Waals surface area contributed by atoms with Gasteiger partial charge in [0.05, 0.1) is 12.1 Å². The van der Waals surface area contributed by atoms with Crippen molar-refractivity contribution in [1.29, 1.82) is 0 Å². The molecule has 3 amide bonds. The fraction of sp³-hybridized carbons (Fsp3) is 0.500. The molecule has 0 bridgehead atoms. The summed E-state index contributed by atoms with van der Waals surface area (Å²) in [5, 5.41) is 0. The molecule has 1 heterocycles. The summed E-state index contributed by atoms with van der Waals surface area (Å²) < 4.78 is 13.1. The Hall–Kier alpha value is -2.24. The van der Waals surface area contributed by atoms with Crippen LogP contribution in [0.1, 0.15) is 40.0 Å². The average molecular weight is 332 g/mol. The lowest BCUT2D eigenvalue weighted by molar-refractivity contribution is -0.145. The minimum Gasteiger partial charge on any atom is -0.325 e. The normalized spacial score (nSPS) is 21.3. The van der Waals surface area contributed by atoms with E-state index < -0.39 is 23.3 Å². The van der Waals surface area contributed by atoms with E-state index in [4.69, 9.17) is 0 Å². The van der Waals surface area contributed by atoms with E-state index in [0.29, 0.717) is 5.69 Å². The van der Waals surface area contributed by atoms with Crippen LogP contribution in [0, 0.1) is 11.7 Å². The lowest BCUT2D eigenvalue weighted by Gasteiger charge is -2.39. The molecule has 0 radical (unpaired) electrons. The molecule has 24 heavy (non-hydrogen) atoms. The van der Waals surface area contributed by atoms with Gasteiger partial charge in [-0.3, -0.25) is 14.4 Å². The topological polar surface area (TPSA) is 57.7 Å². The summed E-state index contributed by atoms with van der Waals surface area (Å²) in [5.41, 5.74) is -0.222. The molecule has 1 atom stereocenters. The van der Waals surface area contributed by atoms with Gasteiger partial charge in [-0.15, -0.1) is 0 Å². The molecule has 0 spiro atoms. The van der Waals surface area contributed by atoms with Gasteiger partial charge in [0, 0.05) is 11.5 Å². The SMILES string of the molecule is CC(C)(C)N(C(=O)C1CC1)C1CC(=O)N(c2ccc(F)cc2)C1=O. The van der Waals surface area contributed by atoms with Crippen molar-refractivity contribution < 1.29 is 18.8 Å². The van der Waals surface area contributed by atoms with Crippen molar-refractivity contribution in [2.24, 2.45) is 5.92 Å². The number of hydrogen-bond acceptors (Lipinski definition) is 3. The highest BCUT2D eigenvalue weighted by Gasteiger charge is 2.49. The van der Waals surface area contributed by atoms with Gasteiger partial charge in [-0.1, -0.05) is 0 Å². The number of imide groups is 1. The van der Waals surface area contributed by atoms with Gasteiger partial charge < -0.3 is 4.90 Å². The van der Waals surface area contributed by atoms with Gasteiger partial charge in [-0.25, -0.2) is 9.29 Å². The smallest absolute Gasteiger partial charge is 0.257 e. The molecule has 1 aliphatic carbocycles. The molecule has 1 saturated heterocycles. The van der Waals surface area contributed by atoms with Crippen molar-refractivity contribution in [3.8, 4) is 0 Å². The van der Waals surface area contributed by atoms with Gasteiger partial charge in [0.15, 0.2) is 0 Å². The zero-order valence-electron chi connectivity index (χ0n) is 14.1. The zero-order chi connectivity index (χ0) is 17.6. The number of rotatable bonds is 3. The summed E-state index contributed by atoms with van der Waals surface area (Å²) in [6.45, 7) is 5.60. The minimum atomic E-state index is -0.796. The Morgan fingerprint density at radius 2 is 1.75 bits per heavy atom. The number of halogens is 1. The number of carbonyl (C=O) groups is 3. The van der Waals surface area contributed by atoms with E-state index in [1.807, 2.05) is 20.8 Å². The first-order valence-corrected chi connectivity index (χ1v) is 8.15. The maximum Gasteiger partial charge on any atom is 0.257 e.